The zero-order chi connectivity index (χ0) is 23.5. The second-order valence-electron chi connectivity index (χ2n) is 8.17. The first-order valence-corrected chi connectivity index (χ1v) is 11.6. The Balaban J connectivity index is 1.74. The first kappa shape index (κ1) is 22.7. The maximum atomic E-state index is 13.6. The molecule has 0 aromatic heterocycles. The van der Waals surface area contributed by atoms with E-state index in [9.17, 15) is 9.59 Å². The molecule has 0 spiro atoms. The lowest BCUT2D eigenvalue weighted by Crippen LogP contribution is -2.31. The van der Waals surface area contributed by atoms with Gasteiger partial charge in [0.1, 0.15) is 5.75 Å². The molecule has 3 aromatic rings. The minimum atomic E-state index is -0.325. The van der Waals surface area contributed by atoms with Crippen LogP contribution in [0.3, 0.4) is 0 Å². The van der Waals surface area contributed by atoms with Crippen LogP contribution >= 0.6 is 11.8 Å². The molecule has 0 N–H and O–H groups in total. The predicted molar refractivity (Wildman–Crippen MR) is 135 cm³/mol. The normalized spacial score (nSPS) is 13.8. The lowest BCUT2D eigenvalue weighted by Gasteiger charge is -2.18. The van der Waals surface area contributed by atoms with E-state index in [1.165, 1.54) is 16.7 Å². The van der Waals surface area contributed by atoms with Crippen LogP contribution in [-0.4, -0.2) is 32.0 Å². The minimum absolute atomic E-state index is 0.0505. The van der Waals surface area contributed by atoms with E-state index in [4.69, 9.17) is 4.74 Å². The lowest BCUT2D eigenvalue weighted by atomic mass is 10.1. The molecule has 4 rings (SSSR count). The number of rotatable bonds is 7. The number of benzene rings is 3. The van der Waals surface area contributed by atoms with Crippen LogP contribution in [0.5, 0.6) is 5.75 Å². The van der Waals surface area contributed by atoms with Gasteiger partial charge in [-0.15, -0.1) is 0 Å². The highest BCUT2D eigenvalue weighted by Crippen LogP contribution is 2.41. The fourth-order valence-electron chi connectivity index (χ4n) is 3.57. The van der Waals surface area contributed by atoms with Crippen LogP contribution in [0.4, 0.5) is 11.4 Å². The maximum Gasteiger partial charge on any atom is 0.272 e. The molecular weight excluding hydrogens is 432 g/mol. The smallest absolute Gasteiger partial charge is 0.272 e. The maximum absolute atomic E-state index is 13.6. The number of ether oxygens (including phenoxy) is 1. The summed E-state index contributed by atoms with van der Waals surface area (Å²) >= 11 is 1.32. The molecule has 1 aliphatic rings. The number of thioether (sulfide) groups is 1. The summed E-state index contributed by atoms with van der Waals surface area (Å²) in [4.78, 5) is 31.7. The van der Waals surface area contributed by atoms with Gasteiger partial charge in [0, 0.05) is 24.7 Å². The van der Waals surface area contributed by atoms with Crippen molar-refractivity contribution in [1.82, 2.24) is 0 Å². The summed E-state index contributed by atoms with van der Waals surface area (Å²) < 4.78 is 5.74. The fraction of sp³-hybridized carbons (Fsp3) is 0.185. The molecule has 0 fully saturated rings. The predicted octanol–water partition coefficient (Wildman–Crippen LogP) is 5.62. The molecule has 33 heavy (non-hydrogen) atoms. The van der Waals surface area contributed by atoms with E-state index in [0.29, 0.717) is 21.7 Å². The summed E-state index contributed by atoms with van der Waals surface area (Å²) in [6.45, 7) is 3.92. The minimum Gasteiger partial charge on any atom is -0.491 e. The van der Waals surface area contributed by atoms with Gasteiger partial charge in [0.05, 0.1) is 22.3 Å². The Labute approximate surface area is 198 Å². The van der Waals surface area contributed by atoms with E-state index >= 15 is 0 Å². The van der Waals surface area contributed by atoms with Crippen molar-refractivity contribution >= 4 is 40.5 Å². The van der Waals surface area contributed by atoms with Crippen LogP contribution in [0, 0.1) is 0 Å². The van der Waals surface area contributed by atoms with Gasteiger partial charge in [0.15, 0.2) is 0 Å². The van der Waals surface area contributed by atoms with Crippen molar-refractivity contribution in [3.63, 3.8) is 0 Å². The monoisotopic (exact) mass is 458 g/mol. The number of carbonyl (C=O) groups is 2. The Morgan fingerprint density at radius 1 is 0.818 bits per heavy atom. The van der Waals surface area contributed by atoms with E-state index < -0.39 is 0 Å². The summed E-state index contributed by atoms with van der Waals surface area (Å²) in [5.74, 6) is 0.0806. The van der Waals surface area contributed by atoms with Gasteiger partial charge in [-0.1, -0.05) is 42.1 Å². The second kappa shape index (κ2) is 9.55. The van der Waals surface area contributed by atoms with E-state index in [2.05, 4.69) is 0 Å². The van der Waals surface area contributed by atoms with Crippen LogP contribution in [0.25, 0.3) is 5.57 Å². The Kier molecular flexibility index (Phi) is 6.56. The van der Waals surface area contributed by atoms with Gasteiger partial charge >= 0.3 is 0 Å². The van der Waals surface area contributed by atoms with Gasteiger partial charge in [-0.2, -0.15) is 0 Å². The molecule has 2 amide bonds. The third-order valence-electron chi connectivity index (χ3n) is 5.14. The van der Waals surface area contributed by atoms with E-state index in [1.54, 1.807) is 12.1 Å². The van der Waals surface area contributed by atoms with Crippen LogP contribution in [0.15, 0.2) is 88.7 Å². The van der Waals surface area contributed by atoms with Gasteiger partial charge in [0.2, 0.25) is 0 Å². The molecule has 0 saturated heterocycles. The van der Waals surface area contributed by atoms with Crippen LogP contribution in [-0.2, 0) is 9.59 Å². The molecular formula is C27H26N2O3S. The average molecular weight is 459 g/mol. The zero-order valence-electron chi connectivity index (χ0n) is 19.1. The highest BCUT2D eigenvalue weighted by atomic mass is 32.2. The largest absolute Gasteiger partial charge is 0.491 e. The van der Waals surface area contributed by atoms with Gasteiger partial charge in [-0.3, -0.25) is 9.59 Å². The van der Waals surface area contributed by atoms with Gasteiger partial charge in [-0.25, -0.2) is 4.90 Å². The quantitative estimate of drug-likeness (QED) is 0.430. The number of anilines is 2. The topological polar surface area (TPSA) is 49.9 Å². The molecule has 5 nitrogen and oxygen atoms in total. The molecule has 0 atom stereocenters. The summed E-state index contributed by atoms with van der Waals surface area (Å²) in [5.41, 5.74) is 2.64. The molecule has 0 aliphatic carbocycles. The summed E-state index contributed by atoms with van der Waals surface area (Å²) in [7, 11) is 3.89. The highest BCUT2D eigenvalue weighted by Gasteiger charge is 2.40. The SMILES string of the molecule is CC(C)Oc1ccc(C2=C(Sc3ccccc3)C(=O)N(c3ccc(N(C)C)cc3)C2=O)cc1. The van der Waals surface area contributed by atoms with Gasteiger partial charge < -0.3 is 9.64 Å². The standard InChI is InChI=1S/C27H26N2O3S/c1-18(2)32-22-16-10-19(11-17-22)24-25(33-23-8-6-5-7-9-23)27(31)29(26(24)30)21-14-12-20(13-15-21)28(3)4/h5-18H,1-4H3. The van der Waals surface area contributed by atoms with Crippen molar-refractivity contribution in [2.45, 2.75) is 24.8 Å². The van der Waals surface area contributed by atoms with Crippen molar-refractivity contribution in [1.29, 1.82) is 0 Å². The lowest BCUT2D eigenvalue weighted by molar-refractivity contribution is -0.119. The van der Waals surface area contributed by atoms with Crippen molar-refractivity contribution in [2.24, 2.45) is 0 Å². The Morgan fingerprint density at radius 2 is 1.45 bits per heavy atom. The average Bonchev–Trinajstić information content (AvgIpc) is 3.04. The van der Waals surface area contributed by atoms with Crippen molar-refractivity contribution in [2.75, 3.05) is 23.9 Å². The first-order chi connectivity index (χ1) is 15.8. The van der Waals surface area contributed by atoms with Crippen LogP contribution in [0.2, 0.25) is 0 Å². The molecule has 1 aliphatic heterocycles. The molecule has 6 heteroatoms. The zero-order valence-corrected chi connectivity index (χ0v) is 19.9. The number of hydrogen-bond donors (Lipinski definition) is 0. The second-order valence-corrected chi connectivity index (χ2v) is 9.25. The molecule has 0 radical (unpaired) electrons. The first-order valence-electron chi connectivity index (χ1n) is 10.8. The van der Waals surface area contributed by atoms with Crippen molar-refractivity contribution < 1.29 is 14.3 Å². The highest BCUT2D eigenvalue weighted by molar-refractivity contribution is 8.04. The molecule has 1 heterocycles. The van der Waals surface area contributed by atoms with E-state index in [-0.39, 0.29) is 17.9 Å². The fourth-order valence-corrected chi connectivity index (χ4v) is 4.59. The van der Waals surface area contributed by atoms with Gasteiger partial charge in [0.25, 0.3) is 11.8 Å². The third-order valence-corrected chi connectivity index (χ3v) is 6.23. The van der Waals surface area contributed by atoms with Crippen molar-refractivity contribution in [3.8, 4) is 5.75 Å². The third kappa shape index (κ3) is 4.81. The number of hydrogen-bond acceptors (Lipinski definition) is 5. The van der Waals surface area contributed by atoms with Crippen molar-refractivity contribution in [3.05, 3.63) is 89.3 Å². The number of nitrogens with zero attached hydrogens (tertiary/aromatic N) is 2. The summed E-state index contributed by atoms with van der Waals surface area (Å²) in [5, 5.41) is 0. The Bertz CT molecular complexity index is 1180. The number of amides is 2. The van der Waals surface area contributed by atoms with Crippen LogP contribution < -0.4 is 14.5 Å². The van der Waals surface area contributed by atoms with E-state index in [1.807, 2.05) is 99.6 Å². The van der Waals surface area contributed by atoms with Crippen LogP contribution in [0.1, 0.15) is 19.4 Å². The molecule has 168 valence electrons. The van der Waals surface area contributed by atoms with E-state index in [0.717, 1.165) is 16.3 Å². The molecule has 3 aromatic carbocycles. The Hall–Kier alpha value is -3.51. The number of carbonyl (C=O) groups excluding carboxylic acids is 2. The summed E-state index contributed by atoms with van der Waals surface area (Å²) in [6, 6.07) is 24.4. The number of imide groups is 1. The van der Waals surface area contributed by atoms with Gasteiger partial charge in [-0.05, 0) is 67.9 Å². The summed E-state index contributed by atoms with van der Waals surface area (Å²) in [6.07, 6.45) is 0.0505. The molecule has 0 saturated carbocycles. The molecule has 0 bridgehead atoms. The Morgan fingerprint density at radius 3 is 2.03 bits per heavy atom. The molecule has 0 unspecified atom stereocenters.